The highest BCUT2D eigenvalue weighted by Crippen LogP contribution is 2.58. The smallest absolute Gasteiger partial charge is 0.319 e. The summed E-state index contributed by atoms with van der Waals surface area (Å²) in [5.41, 5.74) is -0.988. The number of Topliss-reactive ketones (excluding diaryl/α,β-unsaturated/α-hetero) is 1. The predicted octanol–water partition coefficient (Wildman–Crippen LogP) is 2.42. The normalized spacial score (nSPS) is 28.6. The Bertz CT molecular complexity index is 842. The minimum Gasteiger partial charge on any atom is -0.484 e. The van der Waals surface area contributed by atoms with Gasteiger partial charge >= 0.3 is 11.9 Å². The summed E-state index contributed by atoms with van der Waals surface area (Å²) in [5, 5.41) is 21.3. The fourth-order valence-corrected chi connectivity index (χ4v) is 5.52. The number of ether oxygens (including phenoxy) is 1. The lowest BCUT2D eigenvalue weighted by atomic mass is 9.68. The van der Waals surface area contributed by atoms with Crippen molar-refractivity contribution in [2.24, 2.45) is 11.3 Å². The molecule has 1 saturated heterocycles. The molecule has 0 aliphatic carbocycles. The SMILES string of the molecule is CCC1(C(=O)O)C(NC(=O)COc2cccc(C(C)=O)c2)SC(C)(C(=O)O)C1C. The number of benzene rings is 1. The van der Waals surface area contributed by atoms with Crippen LogP contribution in [0.25, 0.3) is 0 Å². The molecular formula is C20H25NO7S. The van der Waals surface area contributed by atoms with Crippen molar-refractivity contribution in [3.05, 3.63) is 29.8 Å². The summed E-state index contributed by atoms with van der Waals surface area (Å²) in [6, 6.07) is 6.36. The van der Waals surface area contributed by atoms with Crippen LogP contribution in [0.15, 0.2) is 24.3 Å². The second-order valence-electron chi connectivity index (χ2n) is 7.27. The molecule has 0 radical (unpaired) electrons. The molecule has 0 spiro atoms. The number of rotatable bonds is 8. The van der Waals surface area contributed by atoms with Crippen LogP contribution in [0.5, 0.6) is 5.75 Å². The van der Waals surface area contributed by atoms with Gasteiger partial charge in [0.15, 0.2) is 12.4 Å². The van der Waals surface area contributed by atoms with E-state index in [1.807, 2.05) is 0 Å². The van der Waals surface area contributed by atoms with E-state index in [9.17, 15) is 29.4 Å². The molecule has 4 atom stereocenters. The first-order valence-corrected chi connectivity index (χ1v) is 10.0. The molecule has 0 aromatic heterocycles. The Kier molecular flexibility index (Phi) is 6.62. The van der Waals surface area contributed by atoms with Crippen LogP contribution in [0.1, 0.15) is 44.5 Å². The first-order valence-electron chi connectivity index (χ1n) is 9.16. The number of amides is 1. The lowest BCUT2D eigenvalue weighted by Crippen LogP contribution is -2.52. The van der Waals surface area contributed by atoms with E-state index in [0.29, 0.717) is 11.3 Å². The van der Waals surface area contributed by atoms with E-state index in [-0.39, 0.29) is 12.2 Å². The monoisotopic (exact) mass is 423 g/mol. The van der Waals surface area contributed by atoms with Gasteiger partial charge in [-0.2, -0.15) is 0 Å². The van der Waals surface area contributed by atoms with Crippen LogP contribution in [0.4, 0.5) is 0 Å². The lowest BCUT2D eigenvalue weighted by Gasteiger charge is -2.34. The number of carboxylic acid groups (broad SMARTS) is 2. The number of carboxylic acids is 2. The predicted molar refractivity (Wildman–Crippen MR) is 107 cm³/mol. The molecular weight excluding hydrogens is 398 g/mol. The molecule has 1 heterocycles. The molecule has 158 valence electrons. The number of carbonyl (C=O) groups excluding carboxylic acids is 2. The van der Waals surface area contributed by atoms with Crippen molar-refractivity contribution in [1.29, 1.82) is 0 Å². The first-order chi connectivity index (χ1) is 13.5. The van der Waals surface area contributed by atoms with E-state index in [4.69, 9.17) is 4.74 Å². The Labute approximate surface area is 173 Å². The largest absolute Gasteiger partial charge is 0.484 e. The topological polar surface area (TPSA) is 130 Å². The third-order valence-corrected chi connectivity index (χ3v) is 7.53. The van der Waals surface area contributed by atoms with Crippen LogP contribution in [0.3, 0.4) is 0 Å². The van der Waals surface area contributed by atoms with E-state index in [1.54, 1.807) is 32.0 Å². The quantitative estimate of drug-likeness (QED) is 0.544. The number of ketones is 1. The molecule has 1 aromatic rings. The van der Waals surface area contributed by atoms with Crippen LogP contribution >= 0.6 is 11.8 Å². The summed E-state index contributed by atoms with van der Waals surface area (Å²) in [6.07, 6.45) is 0.159. The molecule has 1 aliphatic heterocycles. The summed E-state index contributed by atoms with van der Waals surface area (Å²) in [6.45, 7) is 5.76. The average Bonchev–Trinajstić information content (AvgIpc) is 2.88. The molecule has 29 heavy (non-hydrogen) atoms. The highest BCUT2D eigenvalue weighted by molar-refractivity contribution is 8.02. The van der Waals surface area contributed by atoms with Crippen LogP contribution in [-0.2, 0) is 14.4 Å². The number of hydrogen-bond acceptors (Lipinski definition) is 6. The van der Waals surface area contributed by atoms with Crippen LogP contribution in [0, 0.1) is 11.3 Å². The Morgan fingerprint density at radius 1 is 1.21 bits per heavy atom. The maximum atomic E-state index is 12.4. The van der Waals surface area contributed by atoms with Crippen molar-refractivity contribution in [3.8, 4) is 5.75 Å². The molecule has 1 aliphatic rings. The summed E-state index contributed by atoms with van der Waals surface area (Å²) in [4.78, 5) is 47.8. The summed E-state index contributed by atoms with van der Waals surface area (Å²) in [7, 11) is 0. The van der Waals surface area contributed by atoms with Gasteiger partial charge in [-0.15, -0.1) is 11.8 Å². The van der Waals surface area contributed by atoms with Crippen molar-refractivity contribution in [2.75, 3.05) is 6.61 Å². The van der Waals surface area contributed by atoms with Gasteiger partial charge in [-0.1, -0.05) is 26.0 Å². The van der Waals surface area contributed by atoms with Gasteiger partial charge in [0.1, 0.15) is 15.9 Å². The minimum absolute atomic E-state index is 0.140. The lowest BCUT2D eigenvalue weighted by molar-refractivity contribution is -0.155. The number of aliphatic carboxylic acids is 2. The Morgan fingerprint density at radius 3 is 2.38 bits per heavy atom. The Balaban J connectivity index is 2.17. The molecule has 8 nitrogen and oxygen atoms in total. The van der Waals surface area contributed by atoms with E-state index in [2.05, 4.69) is 5.32 Å². The average molecular weight is 423 g/mol. The Hall–Kier alpha value is -2.55. The van der Waals surface area contributed by atoms with Crippen LogP contribution < -0.4 is 10.1 Å². The zero-order valence-electron chi connectivity index (χ0n) is 16.7. The van der Waals surface area contributed by atoms with Gasteiger partial charge in [0.2, 0.25) is 0 Å². The third-order valence-electron chi connectivity index (χ3n) is 5.74. The molecule has 0 bridgehead atoms. The van der Waals surface area contributed by atoms with Crippen molar-refractivity contribution >= 4 is 35.4 Å². The number of hydrogen-bond donors (Lipinski definition) is 3. The third kappa shape index (κ3) is 4.10. The van der Waals surface area contributed by atoms with Gasteiger partial charge < -0.3 is 20.3 Å². The summed E-state index contributed by atoms with van der Waals surface area (Å²) < 4.78 is 4.06. The molecule has 1 aromatic carbocycles. The second-order valence-corrected chi connectivity index (χ2v) is 8.83. The fraction of sp³-hybridized carbons (Fsp3) is 0.500. The van der Waals surface area contributed by atoms with E-state index in [0.717, 1.165) is 11.8 Å². The van der Waals surface area contributed by atoms with Crippen LogP contribution in [0.2, 0.25) is 0 Å². The van der Waals surface area contributed by atoms with Crippen molar-refractivity contribution in [2.45, 2.75) is 44.2 Å². The van der Waals surface area contributed by atoms with Crippen molar-refractivity contribution in [3.63, 3.8) is 0 Å². The number of thioether (sulfide) groups is 1. The maximum absolute atomic E-state index is 12.4. The molecule has 9 heteroatoms. The summed E-state index contributed by atoms with van der Waals surface area (Å²) in [5.74, 6) is -3.38. The summed E-state index contributed by atoms with van der Waals surface area (Å²) >= 11 is 0.933. The van der Waals surface area contributed by atoms with Gasteiger partial charge in [-0.05, 0) is 32.4 Å². The number of nitrogens with one attached hydrogen (secondary N) is 1. The number of carbonyl (C=O) groups is 4. The highest BCUT2D eigenvalue weighted by atomic mass is 32.2. The standard InChI is InChI=1S/C20H25NO7S/c1-5-20(18(26)27)12(3)19(4,17(24)25)29-16(20)21-15(23)10-28-14-8-6-7-13(9-14)11(2)22/h6-9,12,16H,5,10H2,1-4H3,(H,21,23)(H,24,25)(H,26,27). The second kappa shape index (κ2) is 8.44. The zero-order chi connectivity index (χ0) is 22.0. The molecule has 1 fully saturated rings. The van der Waals surface area contributed by atoms with E-state index in [1.165, 1.54) is 19.9 Å². The molecule has 3 N–H and O–H groups in total. The highest BCUT2D eigenvalue weighted by Gasteiger charge is 2.65. The van der Waals surface area contributed by atoms with Gasteiger partial charge in [-0.25, -0.2) is 0 Å². The van der Waals surface area contributed by atoms with Crippen molar-refractivity contribution < 1.29 is 34.1 Å². The van der Waals surface area contributed by atoms with Crippen LogP contribution in [-0.4, -0.2) is 50.6 Å². The maximum Gasteiger partial charge on any atom is 0.319 e. The molecule has 4 unspecified atom stereocenters. The molecule has 1 amide bonds. The van der Waals surface area contributed by atoms with Crippen molar-refractivity contribution in [1.82, 2.24) is 5.32 Å². The molecule has 2 rings (SSSR count). The fourth-order valence-electron chi connectivity index (χ4n) is 3.65. The zero-order valence-corrected chi connectivity index (χ0v) is 17.5. The minimum atomic E-state index is -1.43. The molecule has 0 saturated carbocycles. The first kappa shape index (κ1) is 22.7. The van der Waals surface area contributed by atoms with Gasteiger partial charge in [0.25, 0.3) is 5.91 Å². The van der Waals surface area contributed by atoms with Gasteiger partial charge in [0.05, 0.1) is 5.37 Å². The van der Waals surface area contributed by atoms with E-state index < -0.39 is 45.9 Å². The Morgan fingerprint density at radius 2 is 1.86 bits per heavy atom. The van der Waals surface area contributed by atoms with E-state index >= 15 is 0 Å². The van der Waals surface area contributed by atoms with Gasteiger partial charge in [0, 0.05) is 11.5 Å². The van der Waals surface area contributed by atoms with Gasteiger partial charge in [-0.3, -0.25) is 19.2 Å².